The Morgan fingerprint density at radius 3 is 2.46 bits per heavy atom. The number of hydrogen-bond acceptors (Lipinski definition) is 4. The molecule has 0 N–H and O–H groups in total. The zero-order valence-electron chi connectivity index (χ0n) is 15.1. The van der Waals surface area contributed by atoms with Crippen LogP contribution in [0.1, 0.15) is 23.2 Å². The number of carbonyl (C=O) groups is 3. The lowest BCUT2D eigenvalue weighted by Gasteiger charge is -2.27. The molecule has 3 saturated heterocycles. The van der Waals surface area contributed by atoms with E-state index in [-0.39, 0.29) is 23.6 Å². The molecule has 5 rings (SSSR count). The number of Topliss-reactive ketones (excluding diaryl/α,β-unsaturated/α-hetero) is 1. The van der Waals surface area contributed by atoms with Crippen LogP contribution in [0, 0.1) is 11.8 Å². The third-order valence-corrected chi connectivity index (χ3v) is 6.48. The molecule has 2 aromatic carbocycles. The maximum absolute atomic E-state index is 13.4. The maximum Gasteiger partial charge on any atom is 0.239 e. The molecular weight excluding hydrogens is 376 g/mol. The number of amides is 2. The predicted molar refractivity (Wildman–Crippen MR) is 105 cm³/mol. The lowest BCUT2D eigenvalue weighted by Crippen LogP contribution is -2.46. The van der Waals surface area contributed by atoms with Crippen molar-refractivity contribution in [2.45, 2.75) is 24.9 Å². The first-order valence-corrected chi connectivity index (χ1v) is 9.94. The van der Waals surface area contributed by atoms with Gasteiger partial charge in [-0.05, 0) is 37.6 Å². The van der Waals surface area contributed by atoms with Crippen LogP contribution in [0.15, 0.2) is 54.6 Å². The lowest BCUT2D eigenvalue weighted by atomic mass is 9.85. The number of carbonyl (C=O) groups excluding carboxylic acids is 3. The smallest absolute Gasteiger partial charge is 0.239 e. The number of fused-ring (bicyclic) bond motifs is 3. The molecule has 142 valence electrons. The molecule has 0 unspecified atom stereocenters. The Morgan fingerprint density at radius 1 is 0.964 bits per heavy atom. The normalized spacial score (nSPS) is 29.2. The van der Waals surface area contributed by atoms with Crippen molar-refractivity contribution in [2.75, 3.05) is 11.4 Å². The van der Waals surface area contributed by atoms with Gasteiger partial charge in [-0.15, -0.1) is 0 Å². The molecule has 2 amide bonds. The molecule has 0 spiro atoms. The molecule has 0 aromatic heterocycles. The summed E-state index contributed by atoms with van der Waals surface area (Å²) in [5.41, 5.74) is 1.06. The minimum atomic E-state index is -0.635. The zero-order chi connectivity index (χ0) is 19.4. The van der Waals surface area contributed by atoms with Crippen molar-refractivity contribution in [1.29, 1.82) is 0 Å². The van der Waals surface area contributed by atoms with Crippen molar-refractivity contribution in [1.82, 2.24) is 4.90 Å². The van der Waals surface area contributed by atoms with Gasteiger partial charge < -0.3 is 0 Å². The minimum Gasteiger partial charge on any atom is -0.292 e. The Labute approximate surface area is 167 Å². The first-order chi connectivity index (χ1) is 13.6. The summed E-state index contributed by atoms with van der Waals surface area (Å²) in [6.07, 6.45) is 1.77. The SMILES string of the molecule is O=C(c1ccccc1)[C@H]1[C@@H]2C(=O)N(c3cccc(Cl)c3)C(=O)[C@@H]2[C@@H]2CCCN21. The van der Waals surface area contributed by atoms with E-state index >= 15 is 0 Å². The number of benzene rings is 2. The molecule has 0 radical (unpaired) electrons. The fourth-order valence-corrected chi connectivity index (χ4v) is 5.34. The Balaban J connectivity index is 1.56. The predicted octanol–water partition coefficient (Wildman–Crippen LogP) is 3.18. The fraction of sp³-hybridized carbons (Fsp3) is 0.318. The number of rotatable bonds is 3. The Bertz CT molecular complexity index is 977. The van der Waals surface area contributed by atoms with Crippen molar-refractivity contribution in [3.05, 3.63) is 65.2 Å². The Hall–Kier alpha value is -2.50. The van der Waals surface area contributed by atoms with Gasteiger partial charge in [-0.2, -0.15) is 0 Å². The average Bonchev–Trinajstić information content (AvgIpc) is 3.34. The van der Waals surface area contributed by atoms with E-state index in [1.807, 2.05) is 18.2 Å². The van der Waals surface area contributed by atoms with Gasteiger partial charge in [0.2, 0.25) is 11.8 Å². The summed E-state index contributed by atoms with van der Waals surface area (Å²) >= 11 is 6.08. The van der Waals surface area contributed by atoms with Crippen molar-refractivity contribution in [3.8, 4) is 0 Å². The first-order valence-electron chi connectivity index (χ1n) is 9.56. The van der Waals surface area contributed by atoms with Gasteiger partial charge in [-0.25, -0.2) is 4.90 Å². The molecule has 0 bridgehead atoms. The summed E-state index contributed by atoms with van der Waals surface area (Å²) in [4.78, 5) is 43.3. The molecule has 3 aliphatic rings. The molecule has 5 nitrogen and oxygen atoms in total. The van der Waals surface area contributed by atoms with Crippen LogP contribution < -0.4 is 4.90 Å². The van der Waals surface area contributed by atoms with Crippen molar-refractivity contribution in [3.63, 3.8) is 0 Å². The second kappa shape index (κ2) is 6.54. The van der Waals surface area contributed by atoms with Crippen LogP contribution >= 0.6 is 11.6 Å². The largest absolute Gasteiger partial charge is 0.292 e. The van der Waals surface area contributed by atoms with Crippen LogP contribution in [-0.2, 0) is 9.59 Å². The van der Waals surface area contributed by atoms with Gasteiger partial charge in [0, 0.05) is 16.6 Å². The molecule has 3 heterocycles. The van der Waals surface area contributed by atoms with E-state index in [1.165, 1.54) is 4.90 Å². The number of ketones is 1. The van der Waals surface area contributed by atoms with Crippen LogP contribution in [0.2, 0.25) is 5.02 Å². The molecule has 0 aliphatic carbocycles. The Morgan fingerprint density at radius 2 is 1.71 bits per heavy atom. The van der Waals surface area contributed by atoms with Crippen molar-refractivity contribution >= 4 is 34.9 Å². The van der Waals surface area contributed by atoms with Crippen molar-refractivity contribution < 1.29 is 14.4 Å². The summed E-state index contributed by atoms with van der Waals surface area (Å²) in [5, 5.41) is 0.467. The van der Waals surface area contributed by atoms with Gasteiger partial charge in [0.1, 0.15) is 0 Å². The number of imide groups is 1. The summed E-state index contributed by atoms with van der Waals surface area (Å²) in [6, 6.07) is 15.2. The van der Waals surface area contributed by atoms with E-state index in [1.54, 1.807) is 36.4 Å². The lowest BCUT2D eigenvalue weighted by molar-refractivity contribution is -0.123. The molecule has 2 aromatic rings. The van der Waals surface area contributed by atoms with Crippen LogP contribution in [0.25, 0.3) is 0 Å². The van der Waals surface area contributed by atoms with Gasteiger partial charge in [0.25, 0.3) is 0 Å². The van der Waals surface area contributed by atoms with E-state index in [9.17, 15) is 14.4 Å². The fourth-order valence-electron chi connectivity index (χ4n) is 5.16. The highest BCUT2D eigenvalue weighted by molar-refractivity contribution is 6.31. The summed E-state index contributed by atoms with van der Waals surface area (Å²) < 4.78 is 0. The van der Waals surface area contributed by atoms with E-state index in [2.05, 4.69) is 4.90 Å². The van der Waals surface area contributed by atoms with Gasteiger partial charge in [-0.1, -0.05) is 48.0 Å². The number of nitrogens with zero attached hydrogens (tertiary/aromatic N) is 2. The van der Waals surface area contributed by atoms with Crippen LogP contribution in [0.5, 0.6) is 0 Å². The van der Waals surface area contributed by atoms with Crippen LogP contribution in [-0.4, -0.2) is 41.1 Å². The number of hydrogen-bond donors (Lipinski definition) is 0. The van der Waals surface area contributed by atoms with Gasteiger partial charge in [0.15, 0.2) is 5.78 Å². The quantitative estimate of drug-likeness (QED) is 0.592. The molecule has 28 heavy (non-hydrogen) atoms. The van der Waals surface area contributed by atoms with Crippen LogP contribution in [0.4, 0.5) is 5.69 Å². The number of anilines is 1. The topological polar surface area (TPSA) is 57.7 Å². The first kappa shape index (κ1) is 17.6. The highest BCUT2D eigenvalue weighted by atomic mass is 35.5. The Kier molecular flexibility index (Phi) is 4.11. The highest BCUT2D eigenvalue weighted by Crippen LogP contribution is 2.48. The average molecular weight is 395 g/mol. The zero-order valence-corrected chi connectivity index (χ0v) is 15.9. The monoisotopic (exact) mass is 394 g/mol. The highest BCUT2D eigenvalue weighted by Gasteiger charge is 2.64. The van der Waals surface area contributed by atoms with Gasteiger partial charge >= 0.3 is 0 Å². The molecule has 6 heteroatoms. The molecule has 0 saturated carbocycles. The summed E-state index contributed by atoms with van der Waals surface area (Å²) in [5.74, 6) is -1.68. The summed E-state index contributed by atoms with van der Waals surface area (Å²) in [6.45, 7) is 0.749. The second-order valence-electron chi connectivity index (χ2n) is 7.67. The standard InChI is InChI=1S/C22H19ClN2O3/c23-14-8-4-9-15(12-14)25-21(27)17-16-10-5-11-24(16)19(18(17)22(25)28)20(26)13-6-2-1-3-7-13/h1-4,6-9,12,16-19H,5,10-11H2/t16-,17+,18+,19+/m0/s1. The summed E-state index contributed by atoms with van der Waals surface area (Å²) in [7, 11) is 0. The van der Waals surface area contributed by atoms with Gasteiger partial charge in [-0.3, -0.25) is 19.3 Å². The third-order valence-electron chi connectivity index (χ3n) is 6.25. The van der Waals surface area contributed by atoms with E-state index < -0.39 is 17.9 Å². The maximum atomic E-state index is 13.4. The van der Waals surface area contributed by atoms with E-state index in [4.69, 9.17) is 11.6 Å². The van der Waals surface area contributed by atoms with Crippen LogP contribution in [0.3, 0.4) is 0 Å². The van der Waals surface area contributed by atoms with E-state index in [0.29, 0.717) is 16.3 Å². The minimum absolute atomic E-state index is 0.0525. The molecule has 4 atom stereocenters. The third kappa shape index (κ3) is 2.46. The molecule has 3 aliphatic heterocycles. The molecular formula is C22H19ClN2O3. The van der Waals surface area contributed by atoms with E-state index in [0.717, 1.165) is 19.4 Å². The van der Waals surface area contributed by atoms with Gasteiger partial charge in [0.05, 0.1) is 23.6 Å². The second-order valence-corrected chi connectivity index (χ2v) is 8.10. The molecule has 3 fully saturated rings. The number of halogens is 1. The van der Waals surface area contributed by atoms with Crippen molar-refractivity contribution in [2.24, 2.45) is 11.8 Å².